The third kappa shape index (κ3) is 3.40. The van der Waals surface area contributed by atoms with Crippen molar-refractivity contribution in [2.75, 3.05) is 11.9 Å². The summed E-state index contributed by atoms with van der Waals surface area (Å²) in [6, 6.07) is 2.24. The highest BCUT2D eigenvalue weighted by Gasteiger charge is 2.23. The van der Waals surface area contributed by atoms with E-state index in [-0.39, 0.29) is 6.61 Å². The van der Waals surface area contributed by atoms with Gasteiger partial charge in [-0.1, -0.05) is 19.3 Å². The lowest BCUT2D eigenvalue weighted by Gasteiger charge is -2.25. The van der Waals surface area contributed by atoms with Gasteiger partial charge in [0.15, 0.2) is 0 Å². The third-order valence-corrected chi connectivity index (χ3v) is 3.50. The standard InChI is InChI=1S/C13H21N3O/c1-10-14-8-7-13(15-10)16-12-6-4-2-3-5-11(12)9-17/h7-8,11-12,17H,2-6,9H2,1H3,(H,14,15,16)/t11-,12+/m1/s1. The maximum Gasteiger partial charge on any atom is 0.129 e. The molecule has 1 fully saturated rings. The van der Waals surface area contributed by atoms with Gasteiger partial charge in [0.1, 0.15) is 11.6 Å². The molecule has 2 atom stereocenters. The molecule has 0 aliphatic heterocycles. The molecule has 2 N–H and O–H groups in total. The van der Waals surface area contributed by atoms with E-state index in [1.165, 1.54) is 19.3 Å². The number of anilines is 1. The van der Waals surface area contributed by atoms with Gasteiger partial charge in [0.25, 0.3) is 0 Å². The van der Waals surface area contributed by atoms with E-state index in [2.05, 4.69) is 15.3 Å². The van der Waals surface area contributed by atoms with Gasteiger partial charge in [0, 0.05) is 24.8 Å². The van der Waals surface area contributed by atoms with Crippen molar-refractivity contribution >= 4 is 5.82 Å². The van der Waals surface area contributed by atoms with Crippen molar-refractivity contribution in [3.63, 3.8) is 0 Å². The Morgan fingerprint density at radius 3 is 2.94 bits per heavy atom. The third-order valence-electron chi connectivity index (χ3n) is 3.50. The molecule has 1 heterocycles. The van der Waals surface area contributed by atoms with Crippen LogP contribution in [-0.4, -0.2) is 27.7 Å². The summed E-state index contributed by atoms with van der Waals surface area (Å²) >= 11 is 0. The van der Waals surface area contributed by atoms with E-state index in [4.69, 9.17) is 0 Å². The Hall–Kier alpha value is -1.16. The molecule has 17 heavy (non-hydrogen) atoms. The summed E-state index contributed by atoms with van der Waals surface area (Å²) in [5.41, 5.74) is 0. The van der Waals surface area contributed by atoms with Crippen LogP contribution in [0.2, 0.25) is 0 Å². The molecule has 0 amide bonds. The first-order chi connectivity index (χ1) is 8.29. The number of aryl methyl sites for hydroxylation is 1. The summed E-state index contributed by atoms with van der Waals surface area (Å²) < 4.78 is 0. The first kappa shape index (κ1) is 12.3. The van der Waals surface area contributed by atoms with Gasteiger partial charge in [-0.15, -0.1) is 0 Å². The molecule has 0 unspecified atom stereocenters. The smallest absolute Gasteiger partial charge is 0.129 e. The van der Waals surface area contributed by atoms with Crippen molar-refractivity contribution in [1.29, 1.82) is 0 Å². The SMILES string of the molecule is Cc1nccc(N[C@H]2CCCCC[C@@H]2CO)n1. The van der Waals surface area contributed by atoms with Crippen LogP contribution in [0.1, 0.15) is 37.9 Å². The first-order valence-electron chi connectivity index (χ1n) is 6.46. The van der Waals surface area contributed by atoms with Gasteiger partial charge >= 0.3 is 0 Å². The van der Waals surface area contributed by atoms with E-state index in [1.807, 2.05) is 13.0 Å². The van der Waals surface area contributed by atoms with E-state index >= 15 is 0 Å². The molecular weight excluding hydrogens is 214 g/mol. The average Bonchev–Trinajstić information content (AvgIpc) is 2.54. The summed E-state index contributed by atoms with van der Waals surface area (Å²) in [5.74, 6) is 2.01. The van der Waals surface area contributed by atoms with Crippen molar-refractivity contribution in [1.82, 2.24) is 9.97 Å². The molecule has 94 valence electrons. The fraction of sp³-hybridized carbons (Fsp3) is 0.692. The zero-order chi connectivity index (χ0) is 12.1. The Kier molecular flexibility index (Phi) is 4.31. The van der Waals surface area contributed by atoms with Crippen LogP contribution in [0.25, 0.3) is 0 Å². The highest BCUT2D eigenvalue weighted by Crippen LogP contribution is 2.25. The summed E-state index contributed by atoms with van der Waals surface area (Å²) in [5, 5.41) is 12.9. The van der Waals surface area contributed by atoms with Crippen LogP contribution < -0.4 is 5.32 Å². The van der Waals surface area contributed by atoms with Crippen LogP contribution in [0.5, 0.6) is 0 Å². The van der Waals surface area contributed by atoms with Gasteiger partial charge in [0.2, 0.25) is 0 Å². The maximum atomic E-state index is 9.45. The van der Waals surface area contributed by atoms with Gasteiger partial charge in [-0.05, 0) is 25.8 Å². The quantitative estimate of drug-likeness (QED) is 0.788. The Bertz CT molecular complexity index is 356. The van der Waals surface area contributed by atoms with E-state index in [1.54, 1.807) is 6.20 Å². The largest absolute Gasteiger partial charge is 0.396 e. The summed E-state index contributed by atoms with van der Waals surface area (Å²) in [4.78, 5) is 8.45. The zero-order valence-corrected chi connectivity index (χ0v) is 10.4. The predicted octanol–water partition coefficient (Wildman–Crippen LogP) is 2.14. The Morgan fingerprint density at radius 1 is 1.35 bits per heavy atom. The lowest BCUT2D eigenvalue weighted by atomic mass is 9.96. The molecule has 2 rings (SSSR count). The van der Waals surface area contributed by atoms with Crippen molar-refractivity contribution in [3.05, 3.63) is 18.1 Å². The van der Waals surface area contributed by atoms with E-state index in [9.17, 15) is 5.11 Å². The van der Waals surface area contributed by atoms with Crippen molar-refractivity contribution in [3.8, 4) is 0 Å². The molecule has 1 saturated carbocycles. The Morgan fingerprint density at radius 2 is 2.18 bits per heavy atom. The van der Waals surface area contributed by atoms with E-state index in [0.717, 1.165) is 24.5 Å². The number of hydrogen-bond acceptors (Lipinski definition) is 4. The van der Waals surface area contributed by atoms with Crippen LogP contribution in [-0.2, 0) is 0 Å². The van der Waals surface area contributed by atoms with E-state index < -0.39 is 0 Å². The molecule has 0 aromatic carbocycles. The molecule has 1 aromatic rings. The number of nitrogens with zero attached hydrogens (tertiary/aromatic N) is 2. The molecule has 0 bridgehead atoms. The van der Waals surface area contributed by atoms with Crippen molar-refractivity contribution in [2.24, 2.45) is 5.92 Å². The van der Waals surface area contributed by atoms with Gasteiger partial charge < -0.3 is 10.4 Å². The Balaban J connectivity index is 2.04. The molecule has 1 aliphatic carbocycles. The number of rotatable bonds is 3. The van der Waals surface area contributed by atoms with Crippen LogP contribution in [0.3, 0.4) is 0 Å². The van der Waals surface area contributed by atoms with Crippen LogP contribution in [0, 0.1) is 12.8 Å². The van der Waals surface area contributed by atoms with Gasteiger partial charge in [0.05, 0.1) is 0 Å². The van der Waals surface area contributed by atoms with E-state index in [0.29, 0.717) is 12.0 Å². The monoisotopic (exact) mass is 235 g/mol. The summed E-state index contributed by atoms with van der Waals surface area (Å²) in [7, 11) is 0. The molecule has 0 spiro atoms. The minimum absolute atomic E-state index is 0.266. The fourth-order valence-electron chi connectivity index (χ4n) is 2.52. The zero-order valence-electron chi connectivity index (χ0n) is 10.4. The molecule has 4 heteroatoms. The second kappa shape index (κ2) is 5.96. The molecule has 0 saturated heterocycles. The molecule has 1 aromatic heterocycles. The normalized spacial score (nSPS) is 25.3. The molecule has 1 aliphatic rings. The minimum Gasteiger partial charge on any atom is -0.396 e. The summed E-state index contributed by atoms with van der Waals surface area (Å²) in [6.45, 7) is 2.16. The first-order valence-corrected chi connectivity index (χ1v) is 6.46. The Labute approximate surface area is 102 Å². The highest BCUT2D eigenvalue weighted by atomic mass is 16.3. The maximum absolute atomic E-state index is 9.45. The molecular formula is C13H21N3O. The second-order valence-electron chi connectivity index (χ2n) is 4.82. The number of aromatic nitrogens is 2. The number of aliphatic hydroxyl groups excluding tert-OH is 1. The number of nitrogens with one attached hydrogen (secondary N) is 1. The minimum atomic E-state index is 0.266. The molecule has 4 nitrogen and oxygen atoms in total. The van der Waals surface area contributed by atoms with Crippen molar-refractivity contribution < 1.29 is 5.11 Å². The lowest BCUT2D eigenvalue weighted by molar-refractivity contribution is 0.203. The fourth-order valence-corrected chi connectivity index (χ4v) is 2.52. The average molecular weight is 235 g/mol. The van der Waals surface area contributed by atoms with Crippen LogP contribution in [0.15, 0.2) is 12.3 Å². The van der Waals surface area contributed by atoms with Gasteiger partial charge in [-0.3, -0.25) is 0 Å². The van der Waals surface area contributed by atoms with Crippen LogP contribution in [0.4, 0.5) is 5.82 Å². The summed E-state index contributed by atoms with van der Waals surface area (Å²) in [6.07, 6.45) is 7.74. The highest BCUT2D eigenvalue weighted by molar-refractivity contribution is 5.34. The number of aliphatic hydroxyl groups is 1. The number of hydrogen-bond donors (Lipinski definition) is 2. The van der Waals surface area contributed by atoms with Crippen molar-refractivity contribution in [2.45, 2.75) is 45.1 Å². The van der Waals surface area contributed by atoms with Gasteiger partial charge in [-0.2, -0.15) is 0 Å². The topological polar surface area (TPSA) is 58.0 Å². The lowest BCUT2D eigenvalue weighted by Crippen LogP contribution is -2.31. The molecule has 0 radical (unpaired) electrons. The predicted molar refractivity (Wildman–Crippen MR) is 67.8 cm³/mol. The van der Waals surface area contributed by atoms with Gasteiger partial charge in [-0.25, -0.2) is 9.97 Å². The van der Waals surface area contributed by atoms with Crippen LogP contribution >= 0.6 is 0 Å². The second-order valence-corrected chi connectivity index (χ2v) is 4.82.